The molecule has 0 aliphatic carbocycles. The van der Waals surface area contributed by atoms with Crippen LogP contribution in [0.3, 0.4) is 0 Å². The van der Waals surface area contributed by atoms with Crippen LogP contribution >= 0.6 is 11.6 Å². The Balaban J connectivity index is 1.69. The van der Waals surface area contributed by atoms with Gasteiger partial charge in [-0.3, -0.25) is 19.6 Å². The number of carbonyl (C=O) groups excluding carboxylic acids is 2. The van der Waals surface area contributed by atoms with Gasteiger partial charge >= 0.3 is 0 Å². The Morgan fingerprint density at radius 1 is 1.28 bits per heavy atom. The molecule has 10 heteroatoms. The molecule has 1 aliphatic heterocycles. The Morgan fingerprint density at radius 2 is 2.06 bits per heavy atom. The van der Waals surface area contributed by atoms with Gasteiger partial charge in [0.05, 0.1) is 29.2 Å². The second-order valence-electron chi connectivity index (χ2n) is 7.35. The van der Waals surface area contributed by atoms with Crippen LogP contribution in [0.15, 0.2) is 42.7 Å². The van der Waals surface area contributed by atoms with Crippen molar-refractivity contribution in [1.29, 1.82) is 0 Å². The van der Waals surface area contributed by atoms with E-state index in [1.165, 1.54) is 11.0 Å². The molecule has 0 bridgehead atoms. The zero-order valence-corrected chi connectivity index (χ0v) is 17.9. The van der Waals surface area contributed by atoms with Gasteiger partial charge in [0.1, 0.15) is 17.4 Å². The number of aromatic nitrogens is 3. The highest BCUT2D eigenvalue weighted by molar-refractivity contribution is 6.33. The van der Waals surface area contributed by atoms with Crippen LogP contribution in [0.1, 0.15) is 36.3 Å². The number of nitrogens with zero attached hydrogens (tertiary/aromatic N) is 4. The summed E-state index contributed by atoms with van der Waals surface area (Å²) in [5.41, 5.74) is 2.62. The van der Waals surface area contributed by atoms with Crippen molar-refractivity contribution < 1.29 is 18.4 Å². The summed E-state index contributed by atoms with van der Waals surface area (Å²) in [4.78, 5) is 39.8. The maximum atomic E-state index is 13.3. The standard InChI is InChI=1S/C22H18ClF2N5O2/c1-11-8-16-18(20(23)28-11)14-4-3-7-26-19(14)12(2)22(32)30(16)10-17(31)29-13-5-6-15(21(24)25)27-9-13/h3-9,12,21H,10H2,1-2H3,(H,29,31)/t12-/m1/s1. The fourth-order valence-corrected chi connectivity index (χ4v) is 3.97. The number of rotatable bonds is 4. The van der Waals surface area contributed by atoms with E-state index in [2.05, 4.69) is 20.3 Å². The zero-order chi connectivity index (χ0) is 23.0. The molecule has 0 spiro atoms. The van der Waals surface area contributed by atoms with Crippen molar-refractivity contribution >= 4 is 34.8 Å². The highest BCUT2D eigenvalue weighted by atomic mass is 35.5. The molecule has 32 heavy (non-hydrogen) atoms. The maximum absolute atomic E-state index is 13.3. The number of nitrogens with one attached hydrogen (secondary N) is 1. The molecule has 2 amide bonds. The Morgan fingerprint density at radius 3 is 2.75 bits per heavy atom. The molecule has 1 atom stereocenters. The molecule has 1 aliphatic rings. The first-order valence-electron chi connectivity index (χ1n) is 9.74. The predicted octanol–water partition coefficient (Wildman–Crippen LogP) is 4.53. The first-order valence-corrected chi connectivity index (χ1v) is 10.1. The smallest absolute Gasteiger partial charge is 0.280 e. The lowest BCUT2D eigenvalue weighted by Crippen LogP contribution is -2.40. The molecule has 164 valence electrons. The Bertz CT molecular complexity index is 1200. The first kappa shape index (κ1) is 21.8. The van der Waals surface area contributed by atoms with E-state index in [9.17, 15) is 18.4 Å². The van der Waals surface area contributed by atoms with Crippen molar-refractivity contribution in [2.45, 2.75) is 26.2 Å². The fourth-order valence-electron chi connectivity index (χ4n) is 3.64. The molecule has 3 aromatic heterocycles. The minimum atomic E-state index is -2.70. The molecule has 1 N–H and O–H groups in total. The topological polar surface area (TPSA) is 88.1 Å². The van der Waals surface area contributed by atoms with Gasteiger partial charge in [-0.05, 0) is 38.1 Å². The van der Waals surface area contributed by atoms with Crippen molar-refractivity contribution in [2.24, 2.45) is 0 Å². The normalized spacial score (nSPS) is 15.2. The van der Waals surface area contributed by atoms with Gasteiger partial charge < -0.3 is 10.2 Å². The summed E-state index contributed by atoms with van der Waals surface area (Å²) in [6.45, 7) is 3.14. The van der Waals surface area contributed by atoms with E-state index in [0.717, 1.165) is 12.3 Å². The Hall–Kier alpha value is -3.46. The summed E-state index contributed by atoms with van der Waals surface area (Å²) >= 11 is 6.47. The van der Waals surface area contributed by atoms with Crippen molar-refractivity contribution in [3.05, 3.63) is 65.0 Å². The molecule has 4 rings (SSSR count). The average molecular weight is 458 g/mol. The van der Waals surface area contributed by atoms with Gasteiger partial charge in [0.15, 0.2) is 0 Å². The number of fused-ring (bicyclic) bond motifs is 3. The number of pyridine rings is 3. The highest BCUT2D eigenvalue weighted by Crippen LogP contribution is 2.43. The lowest BCUT2D eigenvalue weighted by molar-refractivity contribution is -0.122. The first-order chi connectivity index (χ1) is 15.3. The largest absolute Gasteiger partial charge is 0.323 e. The van der Waals surface area contributed by atoms with Crippen LogP contribution in [0.2, 0.25) is 5.15 Å². The molecule has 0 saturated heterocycles. The van der Waals surface area contributed by atoms with Crippen LogP contribution in [0, 0.1) is 6.92 Å². The average Bonchev–Trinajstić information content (AvgIpc) is 2.84. The molecular formula is C22H18ClF2N5O2. The van der Waals surface area contributed by atoms with Crippen molar-refractivity contribution in [3.8, 4) is 11.1 Å². The summed E-state index contributed by atoms with van der Waals surface area (Å²) in [6, 6.07) is 7.71. The SMILES string of the molecule is Cc1cc2c(c(Cl)n1)-c1cccnc1[C@@H](C)C(=O)N2CC(=O)Nc1ccc(C(F)F)nc1. The lowest BCUT2D eigenvalue weighted by Gasteiger charge is -2.24. The second kappa shape index (κ2) is 8.58. The quantitative estimate of drug-likeness (QED) is 0.582. The van der Waals surface area contributed by atoms with Crippen LogP contribution in [0.25, 0.3) is 11.1 Å². The molecule has 0 saturated carbocycles. The monoisotopic (exact) mass is 457 g/mol. The maximum Gasteiger partial charge on any atom is 0.280 e. The number of amides is 2. The highest BCUT2D eigenvalue weighted by Gasteiger charge is 2.35. The molecule has 0 unspecified atom stereocenters. The van der Waals surface area contributed by atoms with Crippen molar-refractivity contribution in [2.75, 3.05) is 16.8 Å². The molecular weight excluding hydrogens is 440 g/mol. The predicted molar refractivity (Wildman–Crippen MR) is 116 cm³/mol. The number of anilines is 2. The van der Waals surface area contributed by atoms with E-state index in [0.29, 0.717) is 28.2 Å². The third-order valence-electron chi connectivity index (χ3n) is 5.12. The van der Waals surface area contributed by atoms with Gasteiger partial charge in [0.2, 0.25) is 11.8 Å². The molecule has 0 radical (unpaired) electrons. The number of alkyl halides is 2. The van der Waals surface area contributed by atoms with Gasteiger partial charge in [0.25, 0.3) is 6.43 Å². The van der Waals surface area contributed by atoms with E-state index in [1.54, 1.807) is 32.2 Å². The fraction of sp³-hybridized carbons (Fsp3) is 0.227. The second-order valence-corrected chi connectivity index (χ2v) is 7.71. The van der Waals surface area contributed by atoms with Crippen LogP contribution in [0.4, 0.5) is 20.2 Å². The van der Waals surface area contributed by atoms with Crippen LogP contribution in [-0.2, 0) is 9.59 Å². The van der Waals surface area contributed by atoms with E-state index in [1.807, 2.05) is 6.07 Å². The summed E-state index contributed by atoms with van der Waals surface area (Å²) < 4.78 is 25.4. The molecule has 0 aromatic carbocycles. The number of hydrogen-bond acceptors (Lipinski definition) is 5. The zero-order valence-electron chi connectivity index (χ0n) is 17.1. The van der Waals surface area contributed by atoms with E-state index < -0.39 is 23.9 Å². The van der Waals surface area contributed by atoms with Gasteiger partial charge in [0, 0.05) is 23.0 Å². The van der Waals surface area contributed by atoms with Gasteiger partial charge in [-0.2, -0.15) is 0 Å². The van der Waals surface area contributed by atoms with Crippen LogP contribution < -0.4 is 10.2 Å². The number of halogens is 3. The molecule has 0 fully saturated rings. The van der Waals surface area contributed by atoms with E-state index in [4.69, 9.17) is 11.6 Å². The summed E-state index contributed by atoms with van der Waals surface area (Å²) in [7, 11) is 0. The van der Waals surface area contributed by atoms with Crippen LogP contribution in [0.5, 0.6) is 0 Å². The lowest BCUT2D eigenvalue weighted by atomic mass is 9.98. The summed E-state index contributed by atoms with van der Waals surface area (Å²) in [6.07, 6.45) is 0.0329. The molecule has 7 nitrogen and oxygen atoms in total. The number of aryl methyl sites for hydroxylation is 1. The summed E-state index contributed by atoms with van der Waals surface area (Å²) in [5.74, 6) is -1.48. The minimum absolute atomic E-state index is 0.202. The summed E-state index contributed by atoms with van der Waals surface area (Å²) in [5, 5.41) is 2.79. The van der Waals surface area contributed by atoms with Crippen molar-refractivity contribution in [3.63, 3.8) is 0 Å². The minimum Gasteiger partial charge on any atom is -0.323 e. The third kappa shape index (κ3) is 4.03. The van der Waals surface area contributed by atoms with Crippen LogP contribution in [-0.4, -0.2) is 33.3 Å². The van der Waals surface area contributed by atoms with E-state index in [-0.39, 0.29) is 23.3 Å². The van der Waals surface area contributed by atoms with Gasteiger partial charge in [-0.25, -0.2) is 13.8 Å². The number of carbonyl (C=O) groups is 2. The van der Waals surface area contributed by atoms with Crippen molar-refractivity contribution in [1.82, 2.24) is 15.0 Å². The third-order valence-corrected chi connectivity index (χ3v) is 5.40. The molecule has 3 aromatic rings. The molecule has 4 heterocycles. The number of hydrogen-bond donors (Lipinski definition) is 1. The van der Waals surface area contributed by atoms with Gasteiger partial charge in [-0.15, -0.1) is 0 Å². The van der Waals surface area contributed by atoms with Gasteiger partial charge in [-0.1, -0.05) is 17.7 Å². The van der Waals surface area contributed by atoms with E-state index >= 15 is 0 Å². The Kier molecular flexibility index (Phi) is 5.84. The Labute approximate surface area is 187 Å².